The molecule has 0 saturated carbocycles. The Morgan fingerprint density at radius 1 is 1.31 bits per heavy atom. The van der Waals surface area contributed by atoms with E-state index in [-0.39, 0.29) is 5.91 Å². The number of carbonyl (C=O) groups excluding carboxylic acids is 1. The molecule has 2 aromatic heterocycles. The van der Waals surface area contributed by atoms with Crippen molar-refractivity contribution in [1.29, 1.82) is 0 Å². The van der Waals surface area contributed by atoms with Gasteiger partial charge in [-0.15, -0.1) is 0 Å². The van der Waals surface area contributed by atoms with Crippen LogP contribution in [-0.4, -0.2) is 56.4 Å². The number of allylic oxidation sites excluding steroid dienone is 1. The fraction of sp³-hybridized carbons (Fsp3) is 0.227. The first-order valence-corrected chi connectivity index (χ1v) is 10.0. The number of aromatic nitrogens is 4. The Hall–Kier alpha value is -3.92. The summed E-state index contributed by atoms with van der Waals surface area (Å²) in [5, 5.41) is 8.30. The average Bonchev–Trinajstić information content (AvgIpc) is 3.47. The smallest absolute Gasteiger partial charge is 0.258 e. The Balaban J connectivity index is 1.48. The van der Waals surface area contributed by atoms with E-state index >= 15 is 0 Å². The van der Waals surface area contributed by atoms with E-state index in [1.165, 1.54) is 23.1 Å². The predicted octanol–water partition coefficient (Wildman–Crippen LogP) is 2.54. The van der Waals surface area contributed by atoms with Crippen LogP contribution in [0.4, 0.5) is 10.2 Å². The Morgan fingerprint density at radius 2 is 2.12 bits per heavy atom. The largest absolute Gasteiger partial charge is 0.402 e. The van der Waals surface area contributed by atoms with Crippen LogP contribution in [0.1, 0.15) is 22.3 Å². The van der Waals surface area contributed by atoms with E-state index in [1.807, 2.05) is 25.1 Å². The lowest BCUT2D eigenvalue weighted by Gasteiger charge is -2.24. The Morgan fingerprint density at radius 3 is 2.88 bits per heavy atom. The van der Waals surface area contributed by atoms with Gasteiger partial charge in [-0.05, 0) is 37.3 Å². The molecule has 3 aromatic rings. The first kappa shape index (κ1) is 21.3. The van der Waals surface area contributed by atoms with Crippen molar-refractivity contribution < 1.29 is 13.9 Å². The molecule has 1 atom stereocenters. The lowest BCUT2D eigenvalue weighted by Crippen LogP contribution is -2.37. The van der Waals surface area contributed by atoms with Crippen LogP contribution in [-0.2, 0) is 4.74 Å². The fourth-order valence-corrected chi connectivity index (χ4v) is 3.34. The van der Waals surface area contributed by atoms with Crippen LogP contribution in [0.5, 0.6) is 0 Å². The molecule has 3 heterocycles. The van der Waals surface area contributed by atoms with Gasteiger partial charge >= 0.3 is 0 Å². The van der Waals surface area contributed by atoms with Gasteiger partial charge in [0.1, 0.15) is 12.0 Å². The van der Waals surface area contributed by atoms with Gasteiger partial charge in [-0.3, -0.25) is 4.79 Å². The highest BCUT2D eigenvalue weighted by atomic mass is 19.1. The van der Waals surface area contributed by atoms with Crippen molar-refractivity contribution in [1.82, 2.24) is 24.9 Å². The number of aryl methyl sites for hydroxylation is 1. The second-order valence-electron chi connectivity index (χ2n) is 7.22. The highest BCUT2D eigenvalue weighted by molar-refractivity contribution is 5.98. The third kappa shape index (κ3) is 4.86. The zero-order valence-electron chi connectivity index (χ0n) is 17.4. The molecule has 0 radical (unpaired) electrons. The number of nitrogens with zero attached hydrogens (tertiary/aromatic N) is 6. The highest BCUT2D eigenvalue weighted by Gasteiger charge is 2.32. The number of rotatable bonds is 6. The SMILES string of the molecule is Cc1ccc(-n2nccn2)c(C(=O)N2CCOC2C/C(N)=C/C=Nc2ccc(F)cn2)c1. The summed E-state index contributed by atoms with van der Waals surface area (Å²) in [5.74, 6) is -0.244. The van der Waals surface area contributed by atoms with Crippen molar-refractivity contribution in [3.8, 4) is 5.69 Å². The van der Waals surface area contributed by atoms with Crippen molar-refractivity contribution in [3.05, 3.63) is 77.6 Å². The normalized spacial score (nSPS) is 16.8. The summed E-state index contributed by atoms with van der Waals surface area (Å²) >= 11 is 0. The summed E-state index contributed by atoms with van der Waals surface area (Å²) in [7, 11) is 0. The third-order valence-electron chi connectivity index (χ3n) is 4.89. The summed E-state index contributed by atoms with van der Waals surface area (Å²) in [4.78, 5) is 24.4. The van der Waals surface area contributed by atoms with Crippen LogP contribution in [0, 0.1) is 12.7 Å². The molecule has 1 saturated heterocycles. The van der Waals surface area contributed by atoms with Gasteiger partial charge in [0, 0.05) is 24.9 Å². The van der Waals surface area contributed by atoms with E-state index in [0.29, 0.717) is 42.3 Å². The number of nitrogens with two attached hydrogens (primary N) is 1. The van der Waals surface area contributed by atoms with Gasteiger partial charge in [-0.2, -0.15) is 15.0 Å². The van der Waals surface area contributed by atoms with Crippen LogP contribution >= 0.6 is 0 Å². The zero-order valence-corrected chi connectivity index (χ0v) is 17.4. The van der Waals surface area contributed by atoms with E-state index in [9.17, 15) is 9.18 Å². The summed E-state index contributed by atoms with van der Waals surface area (Å²) < 4.78 is 18.7. The van der Waals surface area contributed by atoms with Crippen molar-refractivity contribution >= 4 is 17.9 Å². The number of hydrogen-bond acceptors (Lipinski definition) is 7. The standard InChI is InChI=1S/C22H22FN7O2/c1-15-2-4-19(30-27-8-9-28-30)18(12-15)22(31)29-10-11-32-21(29)13-17(24)6-7-25-20-5-3-16(23)14-26-20/h2-9,12,14,21H,10-11,13,24H2,1H3/b17-6-,25-7?. The lowest BCUT2D eigenvalue weighted by molar-refractivity contribution is 0.0284. The summed E-state index contributed by atoms with van der Waals surface area (Å²) in [6, 6.07) is 8.29. The van der Waals surface area contributed by atoms with Crippen LogP contribution in [0.25, 0.3) is 5.69 Å². The molecule has 1 unspecified atom stereocenters. The molecule has 1 aliphatic heterocycles. The predicted molar refractivity (Wildman–Crippen MR) is 116 cm³/mol. The monoisotopic (exact) mass is 435 g/mol. The molecule has 9 nitrogen and oxygen atoms in total. The minimum Gasteiger partial charge on any atom is -0.402 e. The maximum Gasteiger partial charge on any atom is 0.258 e. The number of ether oxygens (including phenoxy) is 1. The topological polar surface area (TPSA) is 112 Å². The van der Waals surface area contributed by atoms with Crippen molar-refractivity contribution in [2.45, 2.75) is 19.6 Å². The maximum atomic E-state index is 13.4. The second-order valence-corrected chi connectivity index (χ2v) is 7.22. The number of aliphatic imine (C=N–C) groups is 1. The van der Waals surface area contributed by atoms with Gasteiger partial charge in [0.15, 0.2) is 5.82 Å². The third-order valence-corrected chi connectivity index (χ3v) is 4.89. The van der Waals surface area contributed by atoms with Crippen LogP contribution in [0.2, 0.25) is 0 Å². The van der Waals surface area contributed by atoms with E-state index in [0.717, 1.165) is 11.8 Å². The van der Waals surface area contributed by atoms with Crippen molar-refractivity contribution in [3.63, 3.8) is 0 Å². The number of benzene rings is 1. The molecule has 32 heavy (non-hydrogen) atoms. The van der Waals surface area contributed by atoms with E-state index in [1.54, 1.807) is 23.4 Å². The van der Waals surface area contributed by atoms with Crippen molar-refractivity contribution in [2.24, 2.45) is 10.7 Å². The maximum absolute atomic E-state index is 13.4. The molecule has 164 valence electrons. The second kappa shape index (κ2) is 9.48. The van der Waals surface area contributed by atoms with Gasteiger partial charge in [-0.1, -0.05) is 11.6 Å². The molecule has 4 rings (SSSR count). The summed E-state index contributed by atoms with van der Waals surface area (Å²) in [6.45, 7) is 2.79. The van der Waals surface area contributed by atoms with Gasteiger partial charge < -0.3 is 15.4 Å². The molecule has 2 N–H and O–H groups in total. The number of hydrogen-bond donors (Lipinski definition) is 1. The van der Waals surface area contributed by atoms with Crippen LogP contribution in [0.3, 0.4) is 0 Å². The molecule has 1 amide bonds. The quantitative estimate of drug-likeness (QED) is 0.596. The van der Waals surface area contributed by atoms with E-state index in [4.69, 9.17) is 10.5 Å². The van der Waals surface area contributed by atoms with Crippen molar-refractivity contribution in [2.75, 3.05) is 13.2 Å². The molecule has 0 bridgehead atoms. The van der Waals surface area contributed by atoms with Crippen LogP contribution < -0.4 is 5.73 Å². The minimum atomic E-state index is -0.505. The molecule has 1 aromatic carbocycles. The van der Waals surface area contributed by atoms with Gasteiger partial charge in [0.25, 0.3) is 5.91 Å². The minimum absolute atomic E-state index is 0.180. The first-order valence-electron chi connectivity index (χ1n) is 10.0. The molecule has 1 aliphatic rings. The lowest BCUT2D eigenvalue weighted by atomic mass is 10.1. The fourth-order valence-electron chi connectivity index (χ4n) is 3.34. The molecular weight excluding hydrogens is 413 g/mol. The van der Waals surface area contributed by atoms with E-state index in [2.05, 4.69) is 20.2 Å². The van der Waals surface area contributed by atoms with Crippen LogP contribution in [0.15, 0.2) is 65.7 Å². The summed E-state index contributed by atoms with van der Waals surface area (Å²) in [5.41, 5.74) is 8.64. The number of pyridine rings is 1. The molecule has 1 fully saturated rings. The highest BCUT2D eigenvalue weighted by Crippen LogP contribution is 2.23. The Bertz CT molecular complexity index is 1140. The summed E-state index contributed by atoms with van der Waals surface area (Å²) in [6.07, 6.45) is 7.12. The Labute approximate surface area is 184 Å². The first-order chi connectivity index (χ1) is 15.5. The molecule has 0 spiro atoms. The number of halogens is 1. The van der Waals surface area contributed by atoms with E-state index < -0.39 is 12.0 Å². The number of carbonyl (C=O) groups is 1. The van der Waals surface area contributed by atoms with Gasteiger partial charge in [0.2, 0.25) is 0 Å². The zero-order chi connectivity index (χ0) is 22.5. The molecule has 0 aliphatic carbocycles. The van der Waals surface area contributed by atoms with Gasteiger partial charge in [-0.25, -0.2) is 14.4 Å². The molecule has 10 heteroatoms. The number of amides is 1. The molecular formula is C22H22FN7O2. The Kier molecular flexibility index (Phi) is 6.31. The van der Waals surface area contributed by atoms with Gasteiger partial charge in [0.05, 0.1) is 36.4 Å². The average molecular weight is 435 g/mol.